The molecule has 0 fully saturated rings. The minimum absolute atomic E-state index is 0.0726. The lowest BCUT2D eigenvalue weighted by atomic mass is 10.5. The molecule has 2 aromatic rings. The molecule has 11 heteroatoms. The maximum Gasteiger partial charge on any atom is 0.327 e. The van der Waals surface area contributed by atoms with Gasteiger partial charge in [0.15, 0.2) is 5.65 Å². The number of anilines is 1. The molecule has 0 amide bonds. The number of fused-ring (bicyclic) bond motifs is 1. The van der Waals surface area contributed by atoms with E-state index in [2.05, 4.69) is 9.97 Å². The second-order valence-electron chi connectivity index (χ2n) is 3.47. The molecule has 0 aliphatic carbocycles. The summed E-state index contributed by atoms with van der Waals surface area (Å²) in [6.07, 6.45) is -0.497. The van der Waals surface area contributed by atoms with E-state index in [0.717, 1.165) is 4.57 Å². The first kappa shape index (κ1) is 13.0. The molecule has 0 radical (unpaired) electrons. The summed E-state index contributed by atoms with van der Waals surface area (Å²) in [5.74, 6) is -0.641. The zero-order valence-corrected chi connectivity index (χ0v) is 10.6. The summed E-state index contributed by atoms with van der Waals surface area (Å²) >= 11 is 0.689. The number of aryl methyl sites for hydroxylation is 1. The van der Waals surface area contributed by atoms with E-state index < -0.39 is 24.5 Å². The average molecular weight is 292 g/mol. The molecule has 0 aromatic carbocycles. The molecule has 2 heterocycles. The number of rotatable bonds is 3. The Morgan fingerprint density at radius 3 is 2.67 bits per heavy atom. The molecule has 5 N–H and O–H groups in total. The van der Waals surface area contributed by atoms with Gasteiger partial charge in [0.2, 0.25) is 11.8 Å². The Labute approximate surface area is 104 Å². The second-order valence-corrected chi connectivity index (χ2v) is 6.20. The number of nitrogens with two attached hydrogens (primary N) is 1. The molecule has 2 rings (SSSR count). The SMILES string of the molecule is Nc1nc(O)c2sc(=O)n(CCP(=O)(O)O)c2n1. The van der Waals surface area contributed by atoms with Crippen molar-refractivity contribution in [1.82, 2.24) is 14.5 Å². The van der Waals surface area contributed by atoms with Crippen LogP contribution >= 0.6 is 18.9 Å². The van der Waals surface area contributed by atoms with Gasteiger partial charge in [-0.3, -0.25) is 13.9 Å². The first-order valence-corrected chi connectivity index (χ1v) is 7.30. The molecular weight excluding hydrogens is 283 g/mol. The lowest BCUT2D eigenvalue weighted by Crippen LogP contribution is -2.16. The molecule has 0 aliphatic heterocycles. The third-order valence-electron chi connectivity index (χ3n) is 2.13. The summed E-state index contributed by atoms with van der Waals surface area (Å²) in [5, 5.41) is 9.49. The van der Waals surface area contributed by atoms with Gasteiger partial charge in [0, 0.05) is 6.54 Å². The van der Waals surface area contributed by atoms with E-state index >= 15 is 0 Å². The maximum absolute atomic E-state index is 11.6. The molecule has 9 nitrogen and oxygen atoms in total. The van der Waals surface area contributed by atoms with Crippen molar-refractivity contribution in [2.45, 2.75) is 6.54 Å². The van der Waals surface area contributed by atoms with Crippen molar-refractivity contribution in [3.05, 3.63) is 9.67 Å². The van der Waals surface area contributed by atoms with Crippen LogP contribution in [0.4, 0.5) is 5.95 Å². The summed E-state index contributed by atoms with van der Waals surface area (Å²) < 4.78 is 12.0. The van der Waals surface area contributed by atoms with E-state index in [9.17, 15) is 14.5 Å². The Morgan fingerprint density at radius 1 is 1.39 bits per heavy atom. The summed E-state index contributed by atoms with van der Waals surface area (Å²) in [6.45, 7) is -0.209. The Kier molecular flexibility index (Phi) is 3.11. The first-order chi connectivity index (χ1) is 8.28. The number of aromatic hydroxyl groups is 1. The van der Waals surface area contributed by atoms with Gasteiger partial charge in [0.1, 0.15) is 4.70 Å². The van der Waals surface area contributed by atoms with E-state index in [0.29, 0.717) is 11.3 Å². The van der Waals surface area contributed by atoms with Crippen LogP contribution < -0.4 is 10.6 Å². The highest BCUT2D eigenvalue weighted by Gasteiger charge is 2.18. The molecule has 0 atom stereocenters. The quantitative estimate of drug-likeness (QED) is 0.543. The smallest absolute Gasteiger partial charge is 0.327 e. The van der Waals surface area contributed by atoms with Gasteiger partial charge in [-0.25, -0.2) is 0 Å². The molecule has 2 aromatic heterocycles. The maximum atomic E-state index is 11.6. The Morgan fingerprint density at radius 2 is 2.06 bits per heavy atom. The van der Waals surface area contributed by atoms with E-state index in [-0.39, 0.29) is 22.8 Å². The van der Waals surface area contributed by atoms with Crippen molar-refractivity contribution >= 4 is 35.2 Å². The van der Waals surface area contributed by atoms with Crippen LogP contribution in [0.15, 0.2) is 4.79 Å². The van der Waals surface area contributed by atoms with Crippen molar-refractivity contribution in [3.63, 3.8) is 0 Å². The molecular formula is C7H9N4O5PS. The molecule has 0 aliphatic rings. The largest absolute Gasteiger partial charge is 0.492 e. The van der Waals surface area contributed by atoms with Crippen LogP contribution in [0.2, 0.25) is 0 Å². The second kappa shape index (κ2) is 4.32. The fraction of sp³-hybridized carbons (Fsp3) is 0.286. The van der Waals surface area contributed by atoms with Crippen LogP contribution in [0, 0.1) is 0 Å². The summed E-state index contributed by atoms with van der Waals surface area (Å²) in [7, 11) is -4.22. The number of thiazole rings is 1. The standard InChI is InChI=1S/C7H9N4O5PS/c8-6-9-4-3(5(12)10-6)18-7(13)11(4)1-2-17(14,15)16/h1-2H2,(H2,14,15,16)(H3,8,9,10,12). The van der Waals surface area contributed by atoms with Crippen molar-refractivity contribution in [2.24, 2.45) is 0 Å². The van der Waals surface area contributed by atoms with Gasteiger partial charge < -0.3 is 20.6 Å². The molecule has 0 bridgehead atoms. The summed E-state index contributed by atoms with van der Waals surface area (Å²) in [6, 6.07) is 0. The van der Waals surface area contributed by atoms with Gasteiger partial charge in [0.05, 0.1) is 6.16 Å². The lowest BCUT2D eigenvalue weighted by molar-refractivity contribution is 0.370. The third kappa shape index (κ3) is 2.51. The minimum Gasteiger partial charge on any atom is -0.492 e. The predicted molar refractivity (Wildman–Crippen MR) is 64.7 cm³/mol. The van der Waals surface area contributed by atoms with Gasteiger partial charge in [-0.05, 0) is 0 Å². The fourth-order valence-electron chi connectivity index (χ4n) is 1.37. The normalized spacial score (nSPS) is 12.1. The fourth-order valence-corrected chi connectivity index (χ4v) is 2.68. The van der Waals surface area contributed by atoms with Crippen molar-refractivity contribution in [2.75, 3.05) is 11.9 Å². The Bertz CT molecular complexity index is 704. The third-order valence-corrected chi connectivity index (χ3v) is 3.87. The van der Waals surface area contributed by atoms with Crippen molar-refractivity contribution < 1.29 is 19.5 Å². The van der Waals surface area contributed by atoms with E-state index in [1.54, 1.807) is 0 Å². The highest BCUT2D eigenvalue weighted by Crippen LogP contribution is 2.34. The number of nitrogens with zero attached hydrogens (tertiary/aromatic N) is 3. The Balaban J connectivity index is 2.54. The molecule has 18 heavy (non-hydrogen) atoms. The number of hydrogen-bond donors (Lipinski definition) is 4. The minimum atomic E-state index is -4.22. The van der Waals surface area contributed by atoms with Crippen LogP contribution in [0.5, 0.6) is 5.88 Å². The first-order valence-electron chi connectivity index (χ1n) is 4.68. The topological polar surface area (TPSA) is 152 Å². The summed E-state index contributed by atoms with van der Waals surface area (Å²) in [5.41, 5.74) is 5.41. The van der Waals surface area contributed by atoms with Gasteiger partial charge >= 0.3 is 12.5 Å². The zero-order valence-electron chi connectivity index (χ0n) is 8.85. The Hall–Kier alpha value is -1.48. The van der Waals surface area contributed by atoms with E-state index in [1.165, 1.54) is 0 Å². The van der Waals surface area contributed by atoms with Crippen LogP contribution in [0.25, 0.3) is 10.3 Å². The van der Waals surface area contributed by atoms with Crippen LogP contribution in [-0.2, 0) is 11.1 Å². The molecule has 0 saturated heterocycles. The average Bonchev–Trinajstić information content (AvgIpc) is 2.51. The van der Waals surface area contributed by atoms with Gasteiger partial charge in [-0.15, -0.1) is 0 Å². The lowest BCUT2D eigenvalue weighted by Gasteiger charge is -2.05. The molecule has 0 saturated carbocycles. The van der Waals surface area contributed by atoms with Gasteiger partial charge in [-0.2, -0.15) is 9.97 Å². The van der Waals surface area contributed by atoms with Gasteiger partial charge in [0.25, 0.3) is 0 Å². The monoisotopic (exact) mass is 292 g/mol. The molecule has 0 unspecified atom stereocenters. The van der Waals surface area contributed by atoms with Crippen LogP contribution in [-0.4, -0.2) is 35.6 Å². The van der Waals surface area contributed by atoms with E-state index in [1.807, 2.05) is 0 Å². The molecule has 98 valence electrons. The van der Waals surface area contributed by atoms with Crippen LogP contribution in [0.1, 0.15) is 0 Å². The number of aromatic nitrogens is 3. The number of nitrogen functional groups attached to an aromatic ring is 1. The van der Waals surface area contributed by atoms with Crippen molar-refractivity contribution in [3.8, 4) is 5.88 Å². The highest BCUT2D eigenvalue weighted by atomic mass is 32.1. The van der Waals surface area contributed by atoms with Crippen molar-refractivity contribution in [1.29, 1.82) is 0 Å². The highest BCUT2D eigenvalue weighted by molar-refractivity contribution is 7.51. The number of hydrogen-bond acceptors (Lipinski definition) is 7. The van der Waals surface area contributed by atoms with E-state index in [4.69, 9.17) is 15.5 Å². The molecule has 0 spiro atoms. The predicted octanol–water partition coefficient (Wildman–Crippen LogP) is -0.682. The van der Waals surface area contributed by atoms with Crippen LogP contribution in [0.3, 0.4) is 0 Å². The summed E-state index contributed by atoms with van der Waals surface area (Å²) in [4.78, 5) is 36.0. The zero-order chi connectivity index (χ0) is 13.5. The van der Waals surface area contributed by atoms with Gasteiger partial charge in [-0.1, -0.05) is 11.3 Å².